The van der Waals surface area contributed by atoms with Crippen molar-refractivity contribution in [2.45, 2.75) is 26.1 Å². The first-order valence-corrected chi connectivity index (χ1v) is 6.11. The van der Waals surface area contributed by atoms with E-state index in [-0.39, 0.29) is 0 Å². The van der Waals surface area contributed by atoms with E-state index in [1.165, 1.54) is 0 Å². The average Bonchev–Trinajstić information content (AvgIpc) is 2.87. The molecule has 2 rings (SSSR count). The number of benzene rings is 1. The minimum absolute atomic E-state index is 0.496. The van der Waals surface area contributed by atoms with Gasteiger partial charge in [-0.2, -0.15) is 5.10 Å². The van der Waals surface area contributed by atoms with Crippen LogP contribution in [0.15, 0.2) is 36.7 Å². The second-order valence-corrected chi connectivity index (χ2v) is 4.05. The Morgan fingerprint density at radius 3 is 2.83 bits per heavy atom. The Hall–Kier alpha value is -1.72. The van der Waals surface area contributed by atoms with E-state index < -0.39 is 6.10 Å². The first kappa shape index (κ1) is 12.7. The Kier molecular flexibility index (Phi) is 4.44. The number of aliphatic hydroxyl groups excluding tert-OH is 1. The zero-order valence-corrected chi connectivity index (χ0v) is 10.5. The van der Waals surface area contributed by atoms with Crippen molar-refractivity contribution in [1.29, 1.82) is 0 Å². The van der Waals surface area contributed by atoms with E-state index in [1.807, 2.05) is 41.9 Å². The van der Waals surface area contributed by atoms with Gasteiger partial charge in [0.25, 0.3) is 0 Å². The molecule has 0 spiro atoms. The molecule has 1 aromatic heterocycles. The average molecular weight is 246 g/mol. The van der Waals surface area contributed by atoms with Gasteiger partial charge in [0.1, 0.15) is 12.2 Å². The molecule has 1 aromatic carbocycles. The van der Waals surface area contributed by atoms with Crippen LogP contribution in [-0.2, 0) is 13.1 Å². The molecule has 0 radical (unpaired) electrons. The van der Waals surface area contributed by atoms with Crippen LogP contribution < -0.4 is 5.32 Å². The topological polar surface area (TPSA) is 63.0 Å². The quantitative estimate of drug-likeness (QED) is 0.802. The lowest BCUT2D eigenvalue weighted by Gasteiger charge is -2.12. The number of rotatable bonds is 6. The van der Waals surface area contributed by atoms with Crippen LogP contribution in [0.3, 0.4) is 0 Å². The summed E-state index contributed by atoms with van der Waals surface area (Å²) in [6.07, 6.45) is 1.05. The van der Waals surface area contributed by atoms with Crippen molar-refractivity contribution in [2.75, 3.05) is 6.54 Å². The molecule has 5 nitrogen and oxygen atoms in total. The Morgan fingerprint density at radius 2 is 2.11 bits per heavy atom. The van der Waals surface area contributed by atoms with Crippen LogP contribution in [0.1, 0.15) is 24.4 Å². The fraction of sp³-hybridized carbons (Fsp3) is 0.385. The van der Waals surface area contributed by atoms with Gasteiger partial charge < -0.3 is 10.4 Å². The van der Waals surface area contributed by atoms with Gasteiger partial charge in [-0.3, -0.25) is 0 Å². The first-order valence-electron chi connectivity index (χ1n) is 6.11. The molecule has 0 fully saturated rings. The molecule has 1 atom stereocenters. The van der Waals surface area contributed by atoms with Gasteiger partial charge in [0, 0.05) is 13.1 Å². The summed E-state index contributed by atoms with van der Waals surface area (Å²) in [4.78, 5) is 4.16. The maximum atomic E-state index is 9.97. The van der Waals surface area contributed by atoms with E-state index in [0.29, 0.717) is 13.1 Å². The van der Waals surface area contributed by atoms with E-state index in [9.17, 15) is 5.11 Å². The smallest absolute Gasteiger partial charge is 0.140 e. The first-order chi connectivity index (χ1) is 8.81. The van der Waals surface area contributed by atoms with Gasteiger partial charge in [0.2, 0.25) is 0 Å². The van der Waals surface area contributed by atoms with Crippen LogP contribution in [-0.4, -0.2) is 26.4 Å². The lowest BCUT2D eigenvalue weighted by Crippen LogP contribution is -2.23. The summed E-state index contributed by atoms with van der Waals surface area (Å²) in [5.41, 5.74) is 0.918. The molecule has 1 unspecified atom stereocenters. The van der Waals surface area contributed by atoms with Crippen molar-refractivity contribution in [3.05, 3.63) is 48.0 Å². The third-order valence-corrected chi connectivity index (χ3v) is 2.80. The minimum atomic E-state index is -0.496. The van der Waals surface area contributed by atoms with Gasteiger partial charge in [-0.05, 0) is 12.5 Å². The molecular weight excluding hydrogens is 228 g/mol. The predicted molar refractivity (Wildman–Crippen MR) is 68.8 cm³/mol. The molecule has 1 heterocycles. The minimum Gasteiger partial charge on any atom is -0.387 e. The highest BCUT2D eigenvalue weighted by molar-refractivity contribution is 5.17. The molecular formula is C13H18N4O. The normalized spacial score (nSPS) is 12.6. The van der Waals surface area contributed by atoms with Gasteiger partial charge in [0.05, 0.1) is 12.6 Å². The van der Waals surface area contributed by atoms with E-state index in [0.717, 1.165) is 17.9 Å². The summed E-state index contributed by atoms with van der Waals surface area (Å²) in [7, 11) is 0. The highest BCUT2D eigenvalue weighted by Crippen LogP contribution is 2.10. The number of nitrogens with zero attached hydrogens (tertiary/aromatic N) is 3. The Morgan fingerprint density at radius 1 is 1.33 bits per heavy atom. The fourth-order valence-corrected chi connectivity index (χ4v) is 1.80. The van der Waals surface area contributed by atoms with E-state index in [1.54, 1.807) is 6.33 Å². The Labute approximate surface area is 106 Å². The summed E-state index contributed by atoms with van der Waals surface area (Å²) in [6, 6.07) is 9.62. The van der Waals surface area contributed by atoms with Crippen molar-refractivity contribution in [1.82, 2.24) is 20.1 Å². The monoisotopic (exact) mass is 246 g/mol. The molecule has 0 aliphatic carbocycles. The molecule has 2 aromatic rings. The van der Waals surface area contributed by atoms with Crippen LogP contribution in [0.2, 0.25) is 0 Å². The van der Waals surface area contributed by atoms with Crippen molar-refractivity contribution >= 4 is 0 Å². The summed E-state index contributed by atoms with van der Waals surface area (Å²) in [5, 5.41) is 17.3. The Balaban J connectivity index is 1.82. The van der Waals surface area contributed by atoms with Crippen molar-refractivity contribution in [3.8, 4) is 0 Å². The van der Waals surface area contributed by atoms with Crippen molar-refractivity contribution in [2.24, 2.45) is 0 Å². The molecule has 5 heteroatoms. The predicted octanol–water partition coefficient (Wildman–Crippen LogP) is 1.12. The van der Waals surface area contributed by atoms with Gasteiger partial charge in [0.15, 0.2) is 0 Å². The molecule has 0 saturated heterocycles. The van der Waals surface area contributed by atoms with Gasteiger partial charge in [-0.15, -0.1) is 0 Å². The fourth-order valence-electron chi connectivity index (χ4n) is 1.80. The zero-order chi connectivity index (χ0) is 12.8. The second-order valence-electron chi connectivity index (χ2n) is 4.05. The van der Waals surface area contributed by atoms with Gasteiger partial charge in [-0.1, -0.05) is 30.3 Å². The number of aromatic nitrogens is 3. The third kappa shape index (κ3) is 3.15. The molecule has 0 saturated carbocycles. The van der Waals surface area contributed by atoms with Crippen LogP contribution in [0, 0.1) is 0 Å². The summed E-state index contributed by atoms with van der Waals surface area (Å²) >= 11 is 0. The molecule has 96 valence electrons. The molecule has 0 aliphatic heterocycles. The van der Waals surface area contributed by atoms with E-state index >= 15 is 0 Å². The standard InChI is InChI=1S/C13H18N4O/c1-2-17-13(15-10-16-17)9-14-8-12(18)11-6-4-3-5-7-11/h3-7,10,12,14,18H,2,8-9H2,1H3. The summed E-state index contributed by atoms with van der Waals surface area (Å²) in [5.74, 6) is 0.887. The number of aryl methyl sites for hydroxylation is 1. The Bertz CT molecular complexity index is 469. The largest absolute Gasteiger partial charge is 0.387 e. The third-order valence-electron chi connectivity index (χ3n) is 2.80. The highest BCUT2D eigenvalue weighted by atomic mass is 16.3. The van der Waals surface area contributed by atoms with Crippen molar-refractivity contribution in [3.63, 3.8) is 0 Å². The summed E-state index contributed by atoms with van der Waals surface area (Å²) < 4.78 is 1.84. The SMILES string of the molecule is CCn1ncnc1CNCC(O)c1ccccc1. The van der Waals surface area contributed by atoms with Crippen LogP contribution in [0.5, 0.6) is 0 Å². The molecule has 0 aliphatic rings. The van der Waals surface area contributed by atoms with Crippen LogP contribution >= 0.6 is 0 Å². The lowest BCUT2D eigenvalue weighted by atomic mass is 10.1. The van der Waals surface area contributed by atoms with Crippen LogP contribution in [0.4, 0.5) is 0 Å². The lowest BCUT2D eigenvalue weighted by molar-refractivity contribution is 0.174. The maximum Gasteiger partial charge on any atom is 0.140 e. The number of nitrogens with one attached hydrogen (secondary N) is 1. The maximum absolute atomic E-state index is 9.97. The highest BCUT2D eigenvalue weighted by Gasteiger charge is 2.07. The zero-order valence-electron chi connectivity index (χ0n) is 10.5. The van der Waals surface area contributed by atoms with E-state index in [2.05, 4.69) is 15.4 Å². The van der Waals surface area contributed by atoms with Crippen LogP contribution in [0.25, 0.3) is 0 Å². The summed E-state index contributed by atoms with van der Waals surface area (Å²) in [6.45, 7) is 3.94. The second kappa shape index (κ2) is 6.28. The number of aliphatic hydroxyl groups is 1. The number of hydrogen-bond acceptors (Lipinski definition) is 4. The molecule has 0 bridgehead atoms. The molecule has 0 amide bonds. The van der Waals surface area contributed by atoms with Gasteiger partial charge >= 0.3 is 0 Å². The molecule has 18 heavy (non-hydrogen) atoms. The van der Waals surface area contributed by atoms with Gasteiger partial charge in [-0.25, -0.2) is 9.67 Å². The molecule has 2 N–H and O–H groups in total. The van der Waals surface area contributed by atoms with Crippen molar-refractivity contribution < 1.29 is 5.11 Å². The van der Waals surface area contributed by atoms with E-state index in [4.69, 9.17) is 0 Å². The number of hydrogen-bond donors (Lipinski definition) is 2.